The number of fused-ring (bicyclic) bond motifs is 1. The van der Waals surface area contributed by atoms with E-state index in [-0.39, 0.29) is 11.4 Å². The van der Waals surface area contributed by atoms with Gasteiger partial charge in [-0.3, -0.25) is 4.79 Å². The Bertz CT molecular complexity index is 562. The molecule has 2 rings (SSSR count). The number of aryl methyl sites for hydroxylation is 1. The van der Waals surface area contributed by atoms with Gasteiger partial charge in [0.2, 0.25) is 0 Å². The van der Waals surface area contributed by atoms with E-state index in [1.54, 1.807) is 0 Å². The van der Waals surface area contributed by atoms with Gasteiger partial charge in [0.1, 0.15) is 5.71 Å². The SMILES string of the molecule is COC(=O)CCCCC[n+]1cccc2c1N=C(C)C2(C)C. The van der Waals surface area contributed by atoms with Gasteiger partial charge in [-0.25, -0.2) is 4.57 Å². The number of unbranched alkanes of at least 4 members (excludes halogenated alkanes) is 2. The quantitative estimate of drug-likeness (QED) is 0.459. The van der Waals surface area contributed by atoms with Gasteiger partial charge in [-0.15, -0.1) is 0 Å². The van der Waals surface area contributed by atoms with Gasteiger partial charge in [-0.05, 0) is 57.2 Å². The van der Waals surface area contributed by atoms with E-state index < -0.39 is 0 Å². The van der Waals surface area contributed by atoms with Gasteiger partial charge in [-0.1, -0.05) is 0 Å². The average Bonchev–Trinajstić information content (AvgIpc) is 2.70. The summed E-state index contributed by atoms with van der Waals surface area (Å²) in [7, 11) is 1.44. The molecule has 0 saturated carbocycles. The number of esters is 1. The van der Waals surface area contributed by atoms with Crippen molar-refractivity contribution < 1.29 is 14.1 Å². The lowest BCUT2D eigenvalue weighted by Crippen LogP contribution is -2.34. The normalized spacial score (nSPS) is 15.5. The standard InChI is InChI=1S/C17H25N2O2/c1-13-17(2,3)14-9-8-12-19(16(14)18-13)11-7-5-6-10-15(20)21-4/h8-9,12H,5-7,10-11H2,1-4H3/q+1. The van der Waals surface area contributed by atoms with Crippen molar-refractivity contribution in [3.63, 3.8) is 0 Å². The first-order chi connectivity index (χ1) is 9.96. The Kier molecular flexibility index (Phi) is 4.76. The van der Waals surface area contributed by atoms with Crippen molar-refractivity contribution in [1.82, 2.24) is 0 Å². The minimum atomic E-state index is -0.120. The van der Waals surface area contributed by atoms with Crippen LogP contribution in [0.3, 0.4) is 0 Å². The van der Waals surface area contributed by atoms with Gasteiger partial charge >= 0.3 is 11.8 Å². The number of methoxy groups -OCH3 is 1. The van der Waals surface area contributed by atoms with Crippen molar-refractivity contribution >= 4 is 17.5 Å². The number of carbonyl (C=O) groups excluding carboxylic acids is 1. The van der Waals surface area contributed by atoms with Crippen molar-refractivity contribution in [3.8, 4) is 0 Å². The first kappa shape index (κ1) is 15.7. The zero-order valence-corrected chi connectivity index (χ0v) is 13.5. The highest BCUT2D eigenvalue weighted by atomic mass is 16.5. The van der Waals surface area contributed by atoms with Gasteiger partial charge in [0.25, 0.3) is 0 Å². The molecule has 4 nitrogen and oxygen atoms in total. The van der Waals surface area contributed by atoms with Gasteiger partial charge in [-0.2, -0.15) is 0 Å². The fourth-order valence-corrected chi connectivity index (χ4v) is 2.66. The molecule has 0 bridgehead atoms. The summed E-state index contributed by atoms with van der Waals surface area (Å²) in [5, 5.41) is 0. The molecule has 1 aliphatic heterocycles. The van der Waals surface area contributed by atoms with E-state index in [2.05, 4.69) is 48.4 Å². The second kappa shape index (κ2) is 6.37. The van der Waals surface area contributed by atoms with Gasteiger partial charge in [0.05, 0.1) is 30.8 Å². The molecule has 0 atom stereocenters. The lowest BCUT2D eigenvalue weighted by atomic mass is 9.83. The Morgan fingerprint density at radius 2 is 2.10 bits per heavy atom. The molecule has 0 N–H and O–H groups in total. The first-order valence-electron chi connectivity index (χ1n) is 7.62. The van der Waals surface area contributed by atoms with Crippen LogP contribution in [0.1, 0.15) is 52.0 Å². The molecule has 1 aromatic rings. The fourth-order valence-electron chi connectivity index (χ4n) is 2.66. The Morgan fingerprint density at radius 1 is 1.33 bits per heavy atom. The predicted octanol–water partition coefficient (Wildman–Crippen LogP) is 3.09. The second-order valence-corrected chi connectivity index (χ2v) is 6.15. The van der Waals surface area contributed by atoms with Gasteiger partial charge < -0.3 is 4.74 Å². The van der Waals surface area contributed by atoms with Crippen LogP contribution in [0.15, 0.2) is 23.3 Å². The Hall–Kier alpha value is -1.71. The lowest BCUT2D eigenvalue weighted by Gasteiger charge is -2.15. The van der Waals surface area contributed by atoms with Crippen LogP contribution in [-0.4, -0.2) is 18.8 Å². The Morgan fingerprint density at radius 3 is 2.81 bits per heavy atom. The number of ether oxygens (including phenoxy) is 1. The smallest absolute Gasteiger partial charge is 0.327 e. The minimum absolute atomic E-state index is 0.0310. The van der Waals surface area contributed by atoms with Crippen molar-refractivity contribution in [1.29, 1.82) is 0 Å². The van der Waals surface area contributed by atoms with Crippen LogP contribution in [0.5, 0.6) is 0 Å². The summed E-state index contributed by atoms with van der Waals surface area (Å²) in [4.78, 5) is 15.8. The predicted molar refractivity (Wildman–Crippen MR) is 82.9 cm³/mol. The summed E-state index contributed by atoms with van der Waals surface area (Å²) >= 11 is 0. The first-order valence-corrected chi connectivity index (χ1v) is 7.62. The topological polar surface area (TPSA) is 42.5 Å². The molecule has 0 aliphatic carbocycles. The number of hydrogen-bond acceptors (Lipinski definition) is 3. The van der Waals surface area contributed by atoms with E-state index in [0.717, 1.165) is 31.6 Å². The highest BCUT2D eigenvalue weighted by Gasteiger charge is 2.40. The van der Waals surface area contributed by atoms with Crippen molar-refractivity contribution in [3.05, 3.63) is 23.9 Å². The highest BCUT2D eigenvalue weighted by molar-refractivity contribution is 5.98. The minimum Gasteiger partial charge on any atom is -0.469 e. The number of aromatic nitrogens is 1. The number of nitrogens with zero attached hydrogens (tertiary/aromatic N) is 2. The van der Waals surface area contributed by atoms with Crippen LogP contribution in [0.25, 0.3) is 0 Å². The summed E-state index contributed by atoms with van der Waals surface area (Å²) in [5.74, 6) is 0.971. The maximum absolute atomic E-state index is 11.1. The Balaban J connectivity index is 1.95. The van der Waals surface area contributed by atoms with E-state index in [1.807, 2.05) is 0 Å². The second-order valence-electron chi connectivity index (χ2n) is 6.15. The van der Waals surface area contributed by atoms with Crippen LogP contribution in [0.2, 0.25) is 0 Å². The lowest BCUT2D eigenvalue weighted by molar-refractivity contribution is -0.684. The third-order valence-corrected chi connectivity index (χ3v) is 4.40. The van der Waals surface area contributed by atoms with Crippen molar-refractivity contribution in [2.75, 3.05) is 7.11 Å². The summed E-state index contributed by atoms with van der Waals surface area (Å²) in [6.45, 7) is 7.48. The monoisotopic (exact) mass is 289 g/mol. The number of pyridine rings is 1. The molecule has 0 saturated heterocycles. The molecular formula is C17H25N2O2+. The number of rotatable bonds is 6. The molecule has 1 aromatic heterocycles. The maximum atomic E-state index is 11.1. The van der Waals surface area contributed by atoms with E-state index in [1.165, 1.54) is 18.4 Å². The number of carbonyl (C=O) groups is 1. The summed E-state index contributed by atoms with van der Waals surface area (Å²) in [6.07, 6.45) is 5.57. The molecule has 21 heavy (non-hydrogen) atoms. The zero-order chi connectivity index (χ0) is 15.5. The highest BCUT2D eigenvalue weighted by Crippen LogP contribution is 2.37. The third-order valence-electron chi connectivity index (χ3n) is 4.40. The molecule has 0 unspecified atom stereocenters. The van der Waals surface area contributed by atoms with Gasteiger partial charge in [0, 0.05) is 6.42 Å². The van der Waals surface area contributed by atoms with Gasteiger partial charge in [0.15, 0.2) is 0 Å². The summed E-state index contributed by atoms with van der Waals surface area (Å²) in [5.41, 5.74) is 2.50. The molecule has 0 fully saturated rings. The van der Waals surface area contributed by atoms with Crippen LogP contribution in [-0.2, 0) is 21.5 Å². The van der Waals surface area contributed by atoms with Crippen LogP contribution in [0, 0.1) is 0 Å². The molecule has 114 valence electrons. The molecule has 0 aromatic carbocycles. The molecule has 2 heterocycles. The molecule has 0 radical (unpaired) electrons. The number of hydrogen-bond donors (Lipinski definition) is 0. The van der Waals surface area contributed by atoms with Crippen LogP contribution < -0.4 is 4.57 Å². The van der Waals surface area contributed by atoms with E-state index in [9.17, 15) is 4.79 Å². The molecule has 4 heteroatoms. The zero-order valence-electron chi connectivity index (χ0n) is 13.5. The third kappa shape index (κ3) is 3.31. The van der Waals surface area contributed by atoms with Crippen molar-refractivity contribution in [2.45, 2.75) is 58.4 Å². The average molecular weight is 289 g/mol. The van der Waals surface area contributed by atoms with E-state index >= 15 is 0 Å². The summed E-state index contributed by atoms with van der Waals surface area (Å²) in [6, 6.07) is 4.27. The van der Waals surface area contributed by atoms with Crippen LogP contribution in [0.4, 0.5) is 5.82 Å². The molecule has 0 amide bonds. The molecule has 1 aliphatic rings. The molecule has 0 spiro atoms. The molecular weight excluding hydrogens is 264 g/mol. The Labute approximate surface area is 126 Å². The van der Waals surface area contributed by atoms with E-state index in [0.29, 0.717) is 6.42 Å². The summed E-state index contributed by atoms with van der Waals surface area (Å²) < 4.78 is 6.88. The largest absolute Gasteiger partial charge is 0.469 e. The maximum Gasteiger partial charge on any atom is 0.327 e. The number of aliphatic imine (C=N–C) groups is 1. The fraction of sp³-hybridized carbons (Fsp3) is 0.588. The van der Waals surface area contributed by atoms with Crippen molar-refractivity contribution in [2.24, 2.45) is 4.99 Å². The van der Waals surface area contributed by atoms with Crippen LogP contribution >= 0.6 is 0 Å². The van der Waals surface area contributed by atoms with E-state index in [4.69, 9.17) is 4.99 Å².